The van der Waals surface area contributed by atoms with Gasteiger partial charge in [-0.05, 0) is 79.4 Å². The van der Waals surface area contributed by atoms with E-state index in [1.54, 1.807) is 0 Å². The van der Waals surface area contributed by atoms with Gasteiger partial charge in [-0.3, -0.25) is 0 Å². The number of hydrogen-bond donors (Lipinski definition) is 4. The molecule has 4 saturated carbocycles. The van der Waals surface area contributed by atoms with Crippen LogP contribution in [0, 0.1) is 34.5 Å². The lowest BCUT2D eigenvalue weighted by Crippen LogP contribution is -2.59. The summed E-state index contributed by atoms with van der Waals surface area (Å²) in [7, 11) is 0. The molecule has 0 unspecified atom stereocenters. The van der Waals surface area contributed by atoms with Crippen LogP contribution >= 0.6 is 0 Å². The fourth-order valence-corrected chi connectivity index (χ4v) is 7.26. The van der Waals surface area contributed by atoms with E-state index < -0.39 is 6.10 Å². The quantitative estimate of drug-likeness (QED) is 0.546. The van der Waals surface area contributed by atoms with Crippen LogP contribution in [-0.2, 0) is 0 Å². The van der Waals surface area contributed by atoms with Gasteiger partial charge >= 0.3 is 0 Å². The highest BCUT2D eigenvalue weighted by atomic mass is 16.3. The van der Waals surface area contributed by atoms with E-state index in [9.17, 15) is 15.3 Å². The van der Waals surface area contributed by atoms with Gasteiger partial charge in [-0.25, -0.2) is 0 Å². The smallest absolute Gasteiger partial charge is 0.0699 e. The number of nitrogens with two attached hydrogens (primary N) is 1. The molecule has 10 atom stereocenters. The lowest BCUT2D eigenvalue weighted by atomic mass is 9.44. The maximum atomic E-state index is 11.0. The Hall–Kier alpha value is -0.160. The summed E-state index contributed by atoms with van der Waals surface area (Å²) in [5, 5.41) is 31.4. The second-order valence-corrected chi connectivity index (χ2v) is 9.60. The third kappa shape index (κ3) is 2.11. The topological polar surface area (TPSA) is 86.7 Å². The van der Waals surface area contributed by atoms with Gasteiger partial charge in [-0.2, -0.15) is 0 Å². The first-order valence-corrected chi connectivity index (χ1v) is 9.57. The summed E-state index contributed by atoms with van der Waals surface area (Å²) in [5.41, 5.74) is 6.56. The van der Waals surface area contributed by atoms with E-state index in [-0.39, 0.29) is 35.0 Å². The third-order valence-electron chi connectivity index (χ3n) is 8.76. The van der Waals surface area contributed by atoms with Crippen molar-refractivity contribution in [2.45, 2.75) is 83.1 Å². The largest absolute Gasteiger partial charge is 0.393 e. The molecule has 0 amide bonds. The molecule has 0 aromatic carbocycles. The van der Waals surface area contributed by atoms with Gasteiger partial charge < -0.3 is 21.1 Å². The molecule has 0 aliphatic heterocycles. The van der Waals surface area contributed by atoms with Gasteiger partial charge in [0.25, 0.3) is 0 Å². The van der Waals surface area contributed by atoms with Crippen molar-refractivity contribution < 1.29 is 15.3 Å². The lowest BCUT2D eigenvalue weighted by molar-refractivity contribution is -0.169. The molecule has 0 heterocycles. The second kappa shape index (κ2) is 5.17. The summed E-state index contributed by atoms with van der Waals surface area (Å²) >= 11 is 0. The highest BCUT2D eigenvalue weighted by Gasteiger charge is 2.63. The van der Waals surface area contributed by atoms with Crippen LogP contribution in [0.25, 0.3) is 0 Å². The van der Waals surface area contributed by atoms with E-state index in [1.165, 1.54) is 0 Å². The van der Waals surface area contributed by atoms with E-state index >= 15 is 0 Å². The molecular weight excluding hydrogens is 290 g/mol. The number of hydrogen-bond acceptors (Lipinski definition) is 4. The molecule has 132 valence electrons. The highest BCUT2D eigenvalue weighted by Crippen LogP contribution is 2.65. The van der Waals surface area contributed by atoms with Gasteiger partial charge in [-0.15, -0.1) is 0 Å². The Morgan fingerprint density at radius 1 is 0.826 bits per heavy atom. The summed E-state index contributed by atoms with van der Waals surface area (Å²) in [6, 6.07) is -0.153. The molecule has 0 radical (unpaired) electrons. The number of fused-ring (bicyclic) bond motifs is 5. The molecule has 4 fully saturated rings. The summed E-state index contributed by atoms with van der Waals surface area (Å²) in [4.78, 5) is 0. The molecule has 4 aliphatic rings. The standard InChI is InChI=1S/C19H33NO3/c1-18-5-3-11(21)7-10(18)8-14(22)16-12(18)4-6-19(2)13(16)9-15(23)17(19)20/h10-17,21-23H,3-9,20H2,1-2H3/t10-,11-,12-,13-,14-,15+,16+,17+,18-,19-/m0/s1. The first-order valence-electron chi connectivity index (χ1n) is 9.57. The molecule has 4 heteroatoms. The first-order chi connectivity index (χ1) is 10.8. The molecule has 4 rings (SSSR count). The molecule has 0 bridgehead atoms. The Morgan fingerprint density at radius 3 is 2.26 bits per heavy atom. The van der Waals surface area contributed by atoms with Crippen molar-refractivity contribution in [3.63, 3.8) is 0 Å². The minimum atomic E-state index is -0.422. The van der Waals surface area contributed by atoms with Crippen LogP contribution in [0.15, 0.2) is 0 Å². The van der Waals surface area contributed by atoms with Crippen LogP contribution < -0.4 is 5.73 Å². The lowest BCUT2D eigenvalue weighted by Gasteiger charge is -2.62. The van der Waals surface area contributed by atoms with Crippen LogP contribution in [0.4, 0.5) is 0 Å². The number of aliphatic hydroxyl groups is 3. The number of aliphatic hydroxyl groups excluding tert-OH is 3. The molecule has 23 heavy (non-hydrogen) atoms. The fourth-order valence-electron chi connectivity index (χ4n) is 7.26. The van der Waals surface area contributed by atoms with E-state index in [0.29, 0.717) is 17.8 Å². The van der Waals surface area contributed by atoms with E-state index in [0.717, 1.165) is 44.9 Å². The average molecular weight is 323 g/mol. The molecule has 5 N–H and O–H groups in total. The normalized spacial score (nSPS) is 62.3. The Balaban J connectivity index is 1.68. The first kappa shape index (κ1) is 16.3. The second-order valence-electron chi connectivity index (χ2n) is 9.60. The van der Waals surface area contributed by atoms with Crippen molar-refractivity contribution in [1.82, 2.24) is 0 Å². The zero-order valence-electron chi connectivity index (χ0n) is 14.5. The zero-order valence-corrected chi connectivity index (χ0v) is 14.5. The summed E-state index contributed by atoms with van der Waals surface area (Å²) in [6.45, 7) is 4.64. The average Bonchev–Trinajstić information content (AvgIpc) is 2.73. The van der Waals surface area contributed by atoms with E-state index in [1.807, 2.05) is 0 Å². The number of rotatable bonds is 0. The van der Waals surface area contributed by atoms with Crippen molar-refractivity contribution in [1.29, 1.82) is 0 Å². The molecule has 4 nitrogen and oxygen atoms in total. The van der Waals surface area contributed by atoms with Crippen LogP contribution in [0.3, 0.4) is 0 Å². The fraction of sp³-hybridized carbons (Fsp3) is 1.00. The van der Waals surface area contributed by atoms with Gasteiger partial charge in [0.1, 0.15) is 0 Å². The van der Waals surface area contributed by atoms with Crippen molar-refractivity contribution in [3.05, 3.63) is 0 Å². The van der Waals surface area contributed by atoms with Crippen LogP contribution in [0.5, 0.6) is 0 Å². The maximum Gasteiger partial charge on any atom is 0.0699 e. The molecule has 0 saturated heterocycles. The van der Waals surface area contributed by atoms with E-state index in [2.05, 4.69) is 13.8 Å². The molecule has 0 aromatic heterocycles. The van der Waals surface area contributed by atoms with Crippen LogP contribution in [0.2, 0.25) is 0 Å². The molecular formula is C19H33NO3. The molecule has 4 aliphatic carbocycles. The summed E-state index contributed by atoms with van der Waals surface area (Å²) in [6.07, 6.45) is 5.65. The van der Waals surface area contributed by atoms with Gasteiger partial charge in [0, 0.05) is 6.04 Å². The van der Waals surface area contributed by atoms with Gasteiger partial charge in [0.15, 0.2) is 0 Å². The van der Waals surface area contributed by atoms with Crippen molar-refractivity contribution in [2.24, 2.45) is 40.2 Å². The molecule has 0 aromatic rings. The monoisotopic (exact) mass is 323 g/mol. The highest BCUT2D eigenvalue weighted by molar-refractivity contribution is 5.14. The third-order valence-corrected chi connectivity index (χ3v) is 8.76. The maximum absolute atomic E-state index is 11.0. The summed E-state index contributed by atoms with van der Waals surface area (Å²) in [5.74, 6) is 1.56. The van der Waals surface area contributed by atoms with Crippen LogP contribution in [-0.4, -0.2) is 39.7 Å². The predicted octanol–water partition coefficient (Wildman–Crippen LogP) is 1.66. The van der Waals surface area contributed by atoms with Gasteiger partial charge in [-0.1, -0.05) is 13.8 Å². The SMILES string of the molecule is C[C@]12CC[C@H](O)C[C@H]1C[C@H](O)[C@@H]1[C@@H]2CC[C@]2(C)[C@H](N)[C@H](O)C[C@@H]12. The Bertz CT molecular complexity index is 485. The minimum Gasteiger partial charge on any atom is -0.393 e. The van der Waals surface area contributed by atoms with Crippen molar-refractivity contribution in [2.75, 3.05) is 0 Å². The van der Waals surface area contributed by atoms with E-state index in [4.69, 9.17) is 5.73 Å². The zero-order chi connectivity index (χ0) is 16.6. The van der Waals surface area contributed by atoms with Crippen LogP contribution in [0.1, 0.15) is 58.8 Å². The van der Waals surface area contributed by atoms with Crippen molar-refractivity contribution >= 4 is 0 Å². The predicted molar refractivity (Wildman–Crippen MR) is 88.5 cm³/mol. The Kier molecular flexibility index (Phi) is 3.67. The van der Waals surface area contributed by atoms with Crippen molar-refractivity contribution in [3.8, 4) is 0 Å². The Morgan fingerprint density at radius 2 is 1.52 bits per heavy atom. The van der Waals surface area contributed by atoms with Gasteiger partial charge in [0.2, 0.25) is 0 Å². The summed E-state index contributed by atoms with van der Waals surface area (Å²) < 4.78 is 0. The molecule has 0 spiro atoms. The Labute approximate surface area is 139 Å². The minimum absolute atomic E-state index is 0.0288. The van der Waals surface area contributed by atoms with Gasteiger partial charge in [0.05, 0.1) is 18.3 Å².